The van der Waals surface area contributed by atoms with Crippen molar-refractivity contribution in [1.82, 2.24) is 15.6 Å². The first-order valence-electron chi connectivity index (χ1n) is 11.8. The summed E-state index contributed by atoms with van der Waals surface area (Å²) in [5.74, 6) is 0.117. The van der Waals surface area contributed by atoms with Crippen molar-refractivity contribution in [2.75, 3.05) is 19.6 Å². The predicted molar refractivity (Wildman–Crippen MR) is 121 cm³/mol. The summed E-state index contributed by atoms with van der Waals surface area (Å²) >= 11 is 0. The van der Waals surface area contributed by atoms with Gasteiger partial charge in [-0.1, -0.05) is 6.42 Å². The molecule has 4 unspecified atom stereocenters. The van der Waals surface area contributed by atoms with Gasteiger partial charge < -0.3 is 15.1 Å². The molecule has 0 radical (unpaired) electrons. The summed E-state index contributed by atoms with van der Waals surface area (Å²) in [6.45, 7) is 4.88. The molecular weight excluding hydrogens is 433 g/mol. The molecule has 0 aromatic heterocycles. The monoisotopic (exact) mass is 466 g/mol. The number of phenols is 1. The van der Waals surface area contributed by atoms with Crippen LogP contribution in [-0.2, 0) is 6.18 Å². The summed E-state index contributed by atoms with van der Waals surface area (Å²) in [4.78, 5) is 2.48. The molecule has 0 amide bonds. The molecule has 2 heterocycles. The molecule has 4 atom stereocenters. The second-order valence-electron chi connectivity index (χ2n) is 9.60. The van der Waals surface area contributed by atoms with Gasteiger partial charge in [0.2, 0.25) is 0 Å². The van der Waals surface area contributed by atoms with Crippen molar-refractivity contribution in [2.24, 2.45) is 11.0 Å². The molecule has 9 heteroatoms. The van der Waals surface area contributed by atoms with Gasteiger partial charge in [-0.05, 0) is 81.3 Å². The molecule has 1 saturated carbocycles. The lowest BCUT2D eigenvalue weighted by Crippen LogP contribution is -2.53. The van der Waals surface area contributed by atoms with Gasteiger partial charge in [-0.15, -0.1) is 0 Å². The van der Waals surface area contributed by atoms with Crippen molar-refractivity contribution >= 4 is 5.71 Å². The van der Waals surface area contributed by atoms with E-state index in [-0.39, 0.29) is 17.8 Å². The zero-order chi connectivity index (χ0) is 23.6. The van der Waals surface area contributed by atoms with Crippen LogP contribution in [0.15, 0.2) is 34.9 Å². The van der Waals surface area contributed by atoms with Crippen LogP contribution in [0.25, 0.3) is 0 Å². The molecule has 1 aromatic rings. The van der Waals surface area contributed by atoms with Gasteiger partial charge in [0.05, 0.1) is 17.4 Å². The van der Waals surface area contributed by atoms with Gasteiger partial charge >= 0.3 is 6.18 Å². The minimum absolute atomic E-state index is 0.154. The summed E-state index contributed by atoms with van der Waals surface area (Å²) in [6.07, 6.45) is 3.38. The maximum Gasteiger partial charge on any atom is 0.416 e. The molecule has 2 aliphatic heterocycles. The quantitative estimate of drug-likeness (QED) is 0.533. The SMILES string of the molecule is CC1=CC(NC2CCCN(CC3CCCC(O)C3)C2)NN=C1c1ccc(C(F)(F)F)cc1O. The van der Waals surface area contributed by atoms with E-state index in [1.54, 1.807) is 0 Å². The van der Waals surface area contributed by atoms with Crippen molar-refractivity contribution in [2.45, 2.75) is 69.9 Å². The molecule has 0 bridgehead atoms. The summed E-state index contributed by atoms with van der Waals surface area (Å²) < 4.78 is 38.6. The Morgan fingerprint density at radius 1 is 1.21 bits per heavy atom. The van der Waals surface area contributed by atoms with Crippen LogP contribution >= 0.6 is 0 Å². The van der Waals surface area contributed by atoms with Crippen LogP contribution in [-0.4, -0.2) is 58.8 Å². The average molecular weight is 467 g/mol. The largest absolute Gasteiger partial charge is 0.507 e. The number of aromatic hydroxyl groups is 1. The number of halogens is 3. The Labute approximate surface area is 192 Å². The maximum atomic E-state index is 12.9. The third-order valence-electron chi connectivity index (χ3n) is 6.88. The Morgan fingerprint density at radius 3 is 2.73 bits per heavy atom. The summed E-state index contributed by atoms with van der Waals surface area (Å²) in [7, 11) is 0. The Kier molecular flexibility index (Phi) is 7.31. The zero-order valence-electron chi connectivity index (χ0n) is 18.9. The highest BCUT2D eigenvalue weighted by molar-refractivity contribution is 6.14. The number of piperidine rings is 1. The van der Waals surface area contributed by atoms with Crippen LogP contribution in [0.4, 0.5) is 13.2 Å². The van der Waals surface area contributed by atoms with Crippen molar-refractivity contribution in [3.05, 3.63) is 41.0 Å². The Balaban J connectivity index is 1.34. The lowest BCUT2D eigenvalue weighted by molar-refractivity contribution is -0.137. The molecule has 3 aliphatic rings. The number of benzene rings is 1. The lowest BCUT2D eigenvalue weighted by Gasteiger charge is -2.38. The fourth-order valence-electron chi connectivity index (χ4n) is 5.26. The van der Waals surface area contributed by atoms with E-state index in [4.69, 9.17) is 0 Å². The number of hydrazone groups is 1. The van der Waals surface area contributed by atoms with Gasteiger partial charge in [0.15, 0.2) is 0 Å². The van der Waals surface area contributed by atoms with Crippen LogP contribution in [0.5, 0.6) is 5.75 Å². The highest BCUT2D eigenvalue weighted by Crippen LogP contribution is 2.33. The predicted octanol–water partition coefficient (Wildman–Crippen LogP) is 3.60. The number of likely N-dealkylation sites (tertiary alicyclic amines) is 1. The molecule has 182 valence electrons. The standard InChI is InChI=1S/C24H33F3N4O2/c1-15-10-22(29-30-23(15)20-8-7-17(12-21(20)33)24(25,26)27)28-18-5-3-9-31(14-18)13-16-4-2-6-19(32)11-16/h7-8,10,12,16,18-19,22,28-29,32-33H,2-6,9,11,13-14H2,1H3. The summed E-state index contributed by atoms with van der Waals surface area (Å²) in [5.41, 5.74) is 3.62. The minimum atomic E-state index is -4.51. The summed E-state index contributed by atoms with van der Waals surface area (Å²) in [5, 5.41) is 28.0. The number of aliphatic hydroxyl groups excluding tert-OH is 1. The number of hydrogen-bond donors (Lipinski definition) is 4. The normalized spacial score (nSPS) is 29.2. The minimum Gasteiger partial charge on any atom is -0.507 e. The highest BCUT2D eigenvalue weighted by Gasteiger charge is 2.32. The van der Waals surface area contributed by atoms with E-state index in [9.17, 15) is 23.4 Å². The van der Waals surface area contributed by atoms with Gasteiger partial charge in [0.25, 0.3) is 0 Å². The van der Waals surface area contributed by atoms with Crippen molar-refractivity contribution in [3.8, 4) is 5.75 Å². The first kappa shape index (κ1) is 24.0. The van der Waals surface area contributed by atoms with Crippen molar-refractivity contribution < 1.29 is 23.4 Å². The van der Waals surface area contributed by atoms with Crippen LogP contribution in [0.3, 0.4) is 0 Å². The molecule has 4 N–H and O–H groups in total. The third kappa shape index (κ3) is 6.07. The number of nitrogens with one attached hydrogen (secondary N) is 2. The maximum absolute atomic E-state index is 12.9. The van der Waals surface area contributed by atoms with Crippen molar-refractivity contribution in [1.29, 1.82) is 0 Å². The van der Waals surface area contributed by atoms with Crippen molar-refractivity contribution in [3.63, 3.8) is 0 Å². The van der Waals surface area contributed by atoms with Gasteiger partial charge in [-0.25, -0.2) is 0 Å². The van der Waals surface area contributed by atoms with E-state index in [1.807, 2.05) is 13.0 Å². The molecule has 1 aliphatic carbocycles. The van der Waals surface area contributed by atoms with Gasteiger partial charge in [0.1, 0.15) is 11.9 Å². The summed E-state index contributed by atoms with van der Waals surface area (Å²) in [6, 6.07) is 3.24. The van der Waals surface area contributed by atoms with Gasteiger partial charge in [-0.2, -0.15) is 18.3 Å². The first-order chi connectivity index (χ1) is 15.7. The Morgan fingerprint density at radius 2 is 2.03 bits per heavy atom. The first-order valence-corrected chi connectivity index (χ1v) is 11.8. The fourth-order valence-corrected chi connectivity index (χ4v) is 5.26. The second kappa shape index (κ2) is 10.0. The van der Waals surface area contributed by atoms with Gasteiger partial charge in [-0.3, -0.25) is 10.7 Å². The molecule has 4 rings (SSSR count). The zero-order valence-corrected chi connectivity index (χ0v) is 18.9. The number of aliphatic hydroxyl groups is 1. The third-order valence-corrected chi connectivity index (χ3v) is 6.88. The topological polar surface area (TPSA) is 80.1 Å². The lowest BCUT2D eigenvalue weighted by atomic mass is 9.86. The van der Waals surface area contributed by atoms with Gasteiger partial charge in [0, 0.05) is 24.7 Å². The number of allylic oxidation sites excluding steroid dienone is 1. The number of phenolic OH excluding ortho intramolecular Hbond substituents is 1. The number of nitrogens with zero attached hydrogens (tertiary/aromatic N) is 2. The molecule has 2 fully saturated rings. The number of hydrogen-bond acceptors (Lipinski definition) is 6. The molecule has 6 nitrogen and oxygen atoms in total. The second-order valence-corrected chi connectivity index (χ2v) is 9.60. The average Bonchev–Trinajstić information content (AvgIpc) is 2.74. The van der Waals surface area contributed by atoms with E-state index in [0.29, 0.717) is 17.7 Å². The molecule has 1 aromatic carbocycles. The molecule has 1 saturated heterocycles. The van der Waals surface area contributed by atoms with Crippen LogP contribution in [0.1, 0.15) is 56.6 Å². The van der Waals surface area contributed by atoms with Crippen LogP contribution in [0.2, 0.25) is 0 Å². The number of alkyl halides is 3. The molecule has 0 spiro atoms. The fraction of sp³-hybridized carbons (Fsp3) is 0.625. The van der Waals surface area contributed by atoms with Crippen LogP contribution in [0, 0.1) is 5.92 Å². The molecule has 33 heavy (non-hydrogen) atoms. The van der Waals surface area contributed by atoms with E-state index < -0.39 is 17.5 Å². The number of rotatable bonds is 5. The smallest absolute Gasteiger partial charge is 0.416 e. The van der Waals surface area contributed by atoms with E-state index in [0.717, 1.165) is 69.4 Å². The van der Waals surface area contributed by atoms with E-state index in [1.165, 1.54) is 12.5 Å². The molecular formula is C24H33F3N4O2. The van der Waals surface area contributed by atoms with Crippen LogP contribution < -0.4 is 10.7 Å². The highest BCUT2D eigenvalue weighted by atomic mass is 19.4. The van der Waals surface area contributed by atoms with E-state index in [2.05, 4.69) is 20.7 Å². The Bertz CT molecular complexity index is 902. The Hall–Kier alpha value is -2.10. The van der Waals surface area contributed by atoms with E-state index >= 15 is 0 Å².